The van der Waals surface area contributed by atoms with E-state index in [4.69, 9.17) is 37.9 Å². The van der Waals surface area contributed by atoms with Gasteiger partial charge >= 0.3 is 0 Å². The van der Waals surface area contributed by atoms with Crippen LogP contribution in [0.15, 0.2) is 36.0 Å². The highest BCUT2D eigenvalue weighted by atomic mass is 16.8. The molecule has 0 aromatic rings. The van der Waals surface area contributed by atoms with Gasteiger partial charge in [-0.05, 0) is 71.6 Å². The summed E-state index contributed by atoms with van der Waals surface area (Å²) in [6.07, 6.45) is 8.11. The van der Waals surface area contributed by atoms with Gasteiger partial charge in [0.25, 0.3) is 0 Å². The highest BCUT2D eigenvalue weighted by Crippen LogP contribution is 2.60. The number of fused-ring (bicyclic) bond motifs is 2. The molecule has 4 aliphatic rings. The van der Waals surface area contributed by atoms with Gasteiger partial charge in [0, 0.05) is 37.9 Å². The van der Waals surface area contributed by atoms with E-state index >= 15 is 0 Å². The predicted molar refractivity (Wildman–Crippen MR) is 180 cm³/mol. The van der Waals surface area contributed by atoms with Crippen molar-refractivity contribution in [1.82, 2.24) is 0 Å². The van der Waals surface area contributed by atoms with Crippen LogP contribution in [0.25, 0.3) is 0 Å². The fraction of sp³-hybridized carbons (Fsp3) is 0.842. The molecule has 12 atom stereocenters. The Kier molecular flexibility index (Phi) is 12.1. The summed E-state index contributed by atoms with van der Waals surface area (Å²) in [5.74, 6) is 0.183. The molecule has 264 valence electrons. The first-order valence-electron chi connectivity index (χ1n) is 17.4. The van der Waals surface area contributed by atoms with E-state index in [0.29, 0.717) is 5.92 Å². The van der Waals surface area contributed by atoms with E-state index in [1.165, 1.54) is 11.1 Å². The molecule has 8 nitrogen and oxygen atoms in total. The maximum atomic E-state index is 6.56. The minimum absolute atomic E-state index is 0.0163. The van der Waals surface area contributed by atoms with Gasteiger partial charge in [0.05, 0.1) is 30.5 Å². The first-order valence-corrected chi connectivity index (χ1v) is 17.4. The number of hydrogen-bond donors (Lipinski definition) is 0. The first-order chi connectivity index (χ1) is 21.5. The maximum absolute atomic E-state index is 6.56. The molecule has 2 aliphatic carbocycles. The summed E-state index contributed by atoms with van der Waals surface area (Å²) in [6, 6.07) is 0. The Morgan fingerprint density at radius 2 is 1.57 bits per heavy atom. The van der Waals surface area contributed by atoms with Crippen LogP contribution in [0, 0.1) is 40.9 Å². The molecule has 2 heterocycles. The molecule has 4 rings (SSSR count). The molecule has 0 aromatic carbocycles. The van der Waals surface area contributed by atoms with Gasteiger partial charge in [-0.2, -0.15) is 0 Å². The standard InChI is InChI=1S/C38H64O8/c1-15-28-30(23(4)16-17-27(41-20-39-13)18-29-25(6)32(22(2)3)44-36(8,9)43-29)24(5)19-38(12)31(28)26(7)33-34(35(38)42-21-40-14)46-37(10,11)45-33/h15-16,19,22,25-35H,1,17-18,20-21H2,2-14H3/b23-16+/t25-,26+,27-,28-,29-,30+,31+,32-,33-,34-,35+,38-/m0/s1. The number of methoxy groups -OCH3 is 2. The van der Waals surface area contributed by atoms with Crippen molar-refractivity contribution in [2.24, 2.45) is 40.9 Å². The summed E-state index contributed by atoms with van der Waals surface area (Å²) in [5, 5.41) is 0. The maximum Gasteiger partial charge on any atom is 0.163 e. The molecule has 0 bridgehead atoms. The second-order valence-electron chi connectivity index (χ2n) is 15.8. The molecule has 8 heteroatoms. The van der Waals surface area contributed by atoms with Gasteiger partial charge in [-0.25, -0.2) is 0 Å². The zero-order valence-corrected chi connectivity index (χ0v) is 31.0. The highest BCUT2D eigenvalue weighted by molar-refractivity contribution is 5.33. The third-order valence-corrected chi connectivity index (χ3v) is 11.1. The van der Waals surface area contributed by atoms with Crippen LogP contribution in [0.4, 0.5) is 0 Å². The van der Waals surface area contributed by atoms with Crippen LogP contribution in [-0.2, 0) is 37.9 Å². The van der Waals surface area contributed by atoms with Gasteiger partial charge in [-0.3, -0.25) is 0 Å². The summed E-state index contributed by atoms with van der Waals surface area (Å²) in [6.45, 7) is 28.7. The molecular formula is C38H64O8. The Bertz CT molecular complexity index is 1100. The second kappa shape index (κ2) is 14.8. The van der Waals surface area contributed by atoms with Gasteiger partial charge in [-0.15, -0.1) is 6.58 Å². The van der Waals surface area contributed by atoms with Crippen LogP contribution in [-0.4, -0.2) is 76.0 Å². The van der Waals surface area contributed by atoms with Crippen LogP contribution < -0.4 is 0 Å². The lowest BCUT2D eigenvalue weighted by Crippen LogP contribution is -2.63. The van der Waals surface area contributed by atoms with E-state index in [1.54, 1.807) is 14.2 Å². The summed E-state index contributed by atoms with van der Waals surface area (Å²) >= 11 is 0. The van der Waals surface area contributed by atoms with E-state index in [1.807, 2.05) is 27.7 Å². The third kappa shape index (κ3) is 7.70. The lowest BCUT2D eigenvalue weighted by molar-refractivity contribution is -0.329. The number of allylic oxidation sites excluding steroid dienone is 3. The lowest BCUT2D eigenvalue weighted by atomic mass is 9.49. The second-order valence-corrected chi connectivity index (χ2v) is 15.8. The Hall–Kier alpha value is -1.10. The summed E-state index contributed by atoms with van der Waals surface area (Å²) < 4.78 is 49.4. The molecule has 0 N–H and O–H groups in total. The summed E-state index contributed by atoms with van der Waals surface area (Å²) in [5.41, 5.74) is 2.35. The smallest absolute Gasteiger partial charge is 0.163 e. The molecule has 0 radical (unpaired) electrons. The van der Waals surface area contributed by atoms with Gasteiger partial charge in [0.2, 0.25) is 0 Å². The minimum Gasteiger partial charge on any atom is -0.359 e. The third-order valence-electron chi connectivity index (χ3n) is 11.1. The van der Waals surface area contributed by atoms with E-state index in [0.717, 1.165) is 12.8 Å². The molecule has 46 heavy (non-hydrogen) atoms. The van der Waals surface area contributed by atoms with Crippen LogP contribution in [0.1, 0.15) is 89.0 Å². The van der Waals surface area contributed by atoms with Crippen molar-refractivity contribution in [3.8, 4) is 0 Å². The fourth-order valence-corrected chi connectivity index (χ4v) is 9.42. The molecule has 0 aromatic heterocycles. The summed E-state index contributed by atoms with van der Waals surface area (Å²) in [7, 11) is 3.34. The lowest BCUT2D eigenvalue weighted by Gasteiger charge is -2.58. The van der Waals surface area contributed by atoms with Crippen LogP contribution in [0.2, 0.25) is 0 Å². The molecule has 1 saturated carbocycles. The van der Waals surface area contributed by atoms with Crippen LogP contribution >= 0.6 is 0 Å². The summed E-state index contributed by atoms with van der Waals surface area (Å²) in [4.78, 5) is 0. The monoisotopic (exact) mass is 648 g/mol. The predicted octanol–water partition coefficient (Wildman–Crippen LogP) is 7.67. The highest BCUT2D eigenvalue weighted by Gasteiger charge is 2.64. The Morgan fingerprint density at radius 1 is 0.935 bits per heavy atom. The Morgan fingerprint density at radius 3 is 2.17 bits per heavy atom. The molecule has 0 unspecified atom stereocenters. The minimum atomic E-state index is -0.674. The molecule has 0 amide bonds. The van der Waals surface area contributed by atoms with Gasteiger partial charge in [0.15, 0.2) is 11.6 Å². The van der Waals surface area contributed by atoms with Gasteiger partial charge < -0.3 is 37.9 Å². The quantitative estimate of drug-likeness (QED) is 0.149. The average molecular weight is 649 g/mol. The molecule has 3 fully saturated rings. The largest absolute Gasteiger partial charge is 0.359 e. The van der Waals surface area contributed by atoms with Crippen molar-refractivity contribution < 1.29 is 37.9 Å². The zero-order chi connectivity index (χ0) is 34.2. The average Bonchev–Trinajstić information content (AvgIpc) is 3.29. The van der Waals surface area contributed by atoms with Crippen LogP contribution in [0.3, 0.4) is 0 Å². The number of rotatable bonds is 13. The van der Waals surface area contributed by atoms with E-state index < -0.39 is 11.6 Å². The number of hydrogen-bond acceptors (Lipinski definition) is 8. The SMILES string of the molecule is C=C[C@@H]1[C@H]2[C@@H](C)[C@@H]3OC(C)(C)O[C@@H]3[C@@H](OCOC)[C@@]2(C)C=C(C)[C@H]1/C(C)=C/C[C@@H](C[C@@H]1OC(C)(C)O[C@@H](C(C)C)[C@H]1C)OCOC. The van der Waals surface area contributed by atoms with E-state index in [9.17, 15) is 0 Å². The molecule has 0 spiro atoms. The molecular weight excluding hydrogens is 584 g/mol. The first kappa shape index (κ1) is 37.7. The Labute approximate surface area is 279 Å². The molecule has 2 aliphatic heterocycles. The van der Waals surface area contributed by atoms with Gasteiger partial charge in [-0.1, -0.05) is 64.0 Å². The van der Waals surface area contributed by atoms with E-state index in [-0.39, 0.29) is 85.2 Å². The fourth-order valence-electron chi connectivity index (χ4n) is 9.42. The van der Waals surface area contributed by atoms with Crippen molar-refractivity contribution in [1.29, 1.82) is 0 Å². The van der Waals surface area contributed by atoms with Crippen molar-refractivity contribution in [3.63, 3.8) is 0 Å². The normalized spacial score (nSPS) is 41.1. The van der Waals surface area contributed by atoms with E-state index in [2.05, 4.69) is 73.3 Å². The van der Waals surface area contributed by atoms with Crippen molar-refractivity contribution in [3.05, 3.63) is 36.0 Å². The zero-order valence-electron chi connectivity index (χ0n) is 31.0. The number of ether oxygens (including phenoxy) is 8. The molecule has 2 saturated heterocycles. The van der Waals surface area contributed by atoms with Crippen molar-refractivity contribution in [2.75, 3.05) is 27.8 Å². The van der Waals surface area contributed by atoms with Gasteiger partial charge in [0.1, 0.15) is 19.7 Å². The van der Waals surface area contributed by atoms with Crippen molar-refractivity contribution in [2.45, 2.75) is 137 Å². The Balaban J connectivity index is 1.62. The van der Waals surface area contributed by atoms with Crippen LogP contribution in [0.5, 0.6) is 0 Å². The topological polar surface area (TPSA) is 73.8 Å². The van der Waals surface area contributed by atoms with Crippen molar-refractivity contribution >= 4 is 0 Å².